The smallest absolute Gasteiger partial charge is 0.123 e. The molecule has 0 spiro atoms. The Bertz CT molecular complexity index is 285. The van der Waals surface area contributed by atoms with Gasteiger partial charge < -0.3 is 0 Å². The molecule has 0 heterocycles. The van der Waals surface area contributed by atoms with Crippen LogP contribution < -0.4 is 0 Å². The van der Waals surface area contributed by atoms with E-state index in [0.717, 1.165) is 12.0 Å². The average Bonchev–Trinajstić information content (AvgIpc) is 2.06. The third-order valence-corrected chi connectivity index (χ3v) is 2.68. The first-order chi connectivity index (χ1) is 6.18. The van der Waals surface area contributed by atoms with Crippen molar-refractivity contribution < 1.29 is 8.78 Å². The van der Waals surface area contributed by atoms with Crippen LogP contribution in [0.25, 0.3) is 0 Å². The molecule has 2 rings (SSSR count). The van der Waals surface area contributed by atoms with Gasteiger partial charge in [-0.3, -0.25) is 0 Å². The van der Waals surface area contributed by atoms with Gasteiger partial charge in [-0.15, -0.1) is 0 Å². The van der Waals surface area contributed by atoms with E-state index in [1.807, 2.05) is 0 Å². The molecule has 1 aromatic rings. The molecule has 13 heavy (non-hydrogen) atoms. The van der Waals surface area contributed by atoms with E-state index in [0.29, 0.717) is 19.3 Å². The summed E-state index contributed by atoms with van der Waals surface area (Å²) < 4.78 is 26.1. The van der Waals surface area contributed by atoms with E-state index in [1.165, 1.54) is 12.1 Å². The summed E-state index contributed by atoms with van der Waals surface area (Å²) >= 11 is 0. The first kappa shape index (κ1) is 8.67. The molecule has 70 valence electrons. The first-order valence-electron chi connectivity index (χ1n) is 4.61. The number of rotatable bonds is 2. The molecule has 0 radical (unpaired) electrons. The van der Waals surface area contributed by atoms with Gasteiger partial charge in [0.05, 0.1) is 0 Å². The Morgan fingerprint density at radius 2 is 1.77 bits per heavy atom. The van der Waals surface area contributed by atoms with Crippen LogP contribution in [0.5, 0.6) is 0 Å². The fraction of sp³-hybridized carbons (Fsp3) is 0.455. The molecule has 0 saturated heterocycles. The molecule has 0 aliphatic heterocycles. The minimum atomic E-state index is -1.00. The van der Waals surface area contributed by atoms with E-state index in [-0.39, 0.29) is 5.82 Å². The standard InChI is InChI=1S/C11H12F2/c12-10-4-2-9(3-5-10)8-11(13)6-1-7-11/h2-5H,1,6-8H2. The Kier molecular flexibility index (Phi) is 2.06. The Hall–Kier alpha value is -0.920. The van der Waals surface area contributed by atoms with Crippen LogP contribution in [0, 0.1) is 5.82 Å². The predicted octanol–water partition coefficient (Wildman–Crippen LogP) is 3.26. The largest absolute Gasteiger partial charge is 0.244 e. The summed E-state index contributed by atoms with van der Waals surface area (Å²) in [5, 5.41) is 0. The molecule has 0 bridgehead atoms. The van der Waals surface area contributed by atoms with Gasteiger partial charge in [0.15, 0.2) is 0 Å². The summed E-state index contributed by atoms with van der Waals surface area (Å²) in [4.78, 5) is 0. The zero-order chi connectivity index (χ0) is 9.31. The lowest BCUT2D eigenvalue weighted by Crippen LogP contribution is -2.33. The lowest BCUT2D eigenvalue weighted by Gasteiger charge is -2.33. The van der Waals surface area contributed by atoms with Crippen molar-refractivity contribution in [2.45, 2.75) is 31.4 Å². The molecule has 0 atom stereocenters. The van der Waals surface area contributed by atoms with Crippen molar-refractivity contribution in [1.82, 2.24) is 0 Å². The van der Waals surface area contributed by atoms with Gasteiger partial charge in [0, 0.05) is 6.42 Å². The lowest BCUT2D eigenvalue weighted by molar-refractivity contribution is 0.0641. The second kappa shape index (κ2) is 3.09. The van der Waals surface area contributed by atoms with Crippen LogP contribution in [0.4, 0.5) is 8.78 Å². The van der Waals surface area contributed by atoms with Crippen molar-refractivity contribution in [2.24, 2.45) is 0 Å². The predicted molar refractivity (Wildman–Crippen MR) is 47.8 cm³/mol. The third kappa shape index (κ3) is 1.87. The van der Waals surface area contributed by atoms with E-state index in [4.69, 9.17) is 0 Å². The molecule has 0 aromatic heterocycles. The van der Waals surface area contributed by atoms with Crippen LogP contribution in [0.1, 0.15) is 24.8 Å². The molecule has 0 unspecified atom stereocenters. The molecule has 1 fully saturated rings. The van der Waals surface area contributed by atoms with Gasteiger partial charge in [-0.1, -0.05) is 12.1 Å². The molecule has 2 heteroatoms. The molecular weight excluding hydrogens is 170 g/mol. The van der Waals surface area contributed by atoms with E-state index in [1.54, 1.807) is 12.1 Å². The second-order valence-electron chi connectivity index (χ2n) is 3.81. The van der Waals surface area contributed by atoms with Crippen LogP contribution in [0.3, 0.4) is 0 Å². The average molecular weight is 182 g/mol. The Morgan fingerprint density at radius 3 is 2.23 bits per heavy atom. The van der Waals surface area contributed by atoms with Crippen molar-refractivity contribution in [1.29, 1.82) is 0 Å². The van der Waals surface area contributed by atoms with Crippen molar-refractivity contribution >= 4 is 0 Å². The Morgan fingerprint density at radius 1 is 1.15 bits per heavy atom. The molecule has 0 amide bonds. The van der Waals surface area contributed by atoms with Crippen LogP contribution in [0.15, 0.2) is 24.3 Å². The molecule has 0 nitrogen and oxygen atoms in total. The van der Waals surface area contributed by atoms with Crippen LogP contribution >= 0.6 is 0 Å². The highest BCUT2D eigenvalue weighted by Crippen LogP contribution is 2.38. The van der Waals surface area contributed by atoms with Gasteiger partial charge in [0.1, 0.15) is 11.5 Å². The normalized spacial score (nSPS) is 19.5. The van der Waals surface area contributed by atoms with Crippen LogP contribution in [0.2, 0.25) is 0 Å². The number of halogens is 2. The SMILES string of the molecule is Fc1ccc(CC2(F)CCC2)cc1. The summed E-state index contributed by atoms with van der Waals surface area (Å²) in [6, 6.07) is 6.10. The van der Waals surface area contributed by atoms with E-state index in [9.17, 15) is 8.78 Å². The summed E-state index contributed by atoms with van der Waals surface area (Å²) in [6.45, 7) is 0. The van der Waals surface area contributed by atoms with Gasteiger partial charge in [0.2, 0.25) is 0 Å². The lowest BCUT2D eigenvalue weighted by atomic mass is 9.78. The fourth-order valence-electron chi connectivity index (χ4n) is 1.71. The zero-order valence-electron chi connectivity index (χ0n) is 7.39. The molecular formula is C11H12F2. The highest BCUT2D eigenvalue weighted by molar-refractivity contribution is 5.19. The summed E-state index contributed by atoms with van der Waals surface area (Å²) in [5.41, 5.74) is -0.110. The molecule has 1 aliphatic rings. The minimum absolute atomic E-state index is 0.259. The summed E-state index contributed by atoms with van der Waals surface area (Å²) in [5.74, 6) is -0.259. The van der Waals surface area contributed by atoms with E-state index < -0.39 is 5.67 Å². The molecule has 1 aliphatic carbocycles. The third-order valence-electron chi connectivity index (χ3n) is 2.68. The summed E-state index contributed by atoms with van der Waals surface area (Å²) in [6.07, 6.45) is 2.74. The highest BCUT2D eigenvalue weighted by Gasteiger charge is 2.36. The fourth-order valence-corrected chi connectivity index (χ4v) is 1.71. The first-order valence-corrected chi connectivity index (χ1v) is 4.61. The van der Waals surface area contributed by atoms with Crippen LogP contribution in [-0.2, 0) is 6.42 Å². The van der Waals surface area contributed by atoms with Crippen molar-refractivity contribution in [3.8, 4) is 0 Å². The number of hydrogen-bond donors (Lipinski definition) is 0. The monoisotopic (exact) mass is 182 g/mol. The quantitative estimate of drug-likeness (QED) is 0.658. The maximum Gasteiger partial charge on any atom is 0.123 e. The Labute approximate surface area is 76.6 Å². The van der Waals surface area contributed by atoms with Crippen LogP contribution in [-0.4, -0.2) is 5.67 Å². The van der Waals surface area contributed by atoms with E-state index in [2.05, 4.69) is 0 Å². The highest BCUT2D eigenvalue weighted by atomic mass is 19.1. The van der Waals surface area contributed by atoms with E-state index >= 15 is 0 Å². The van der Waals surface area contributed by atoms with Gasteiger partial charge in [-0.05, 0) is 37.0 Å². The van der Waals surface area contributed by atoms with Crippen molar-refractivity contribution in [3.63, 3.8) is 0 Å². The zero-order valence-corrected chi connectivity index (χ0v) is 7.39. The van der Waals surface area contributed by atoms with Gasteiger partial charge >= 0.3 is 0 Å². The van der Waals surface area contributed by atoms with Crippen molar-refractivity contribution in [3.05, 3.63) is 35.6 Å². The number of hydrogen-bond acceptors (Lipinski definition) is 0. The molecule has 1 saturated carbocycles. The summed E-state index contributed by atoms with van der Waals surface area (Å²) in [7, 11) is 0. The second-order valence-corrected chi connectivity index (χ2v) is 3.81. The van der Waals surface area contributed by atoms with Crippen molar-refractivity contribution in [2.75, 3.05) is 0 Å². The number of alkyl halides is 1. The maximum absolute atomic E-state index is 13.6. The molecule has 1 aromatic carbocycles. The topological polar surface area (TPSA) is 0 Å². The molecule has 0 N–H and O–H groups in total. The van der Waals surface area contributed by atoms with Gasteiger partial charge in [-0.2, -0.15) is 0 Å². The van der Waals surface area contributed by atoms with Gasteiger partial charge in [0.25, 0.3) is 0 Å². The maximum atomic E-state index is 13.6. The minimum Gasteiger partial charge on any atom is -0.244 e. The number of benzene rings is 1. The van der Waals surface area contributed by atoms with Gasteiger partial charge in [-0.25, -0.2) is 8.78 Å². The Balaban J connectivity index is 2.05.